The summed E-state index contributed by atoms with van der Waals surface area (Å²) in [6.07, 6.45) is -1.06. The molecule has 0 aromatic rings. The van der Waals surface area contributed by atoms with Gasteiger partial charge in [-0.1, -0.05) is 0 Å². The predicted octanol–water partition coefficient (Wildman–Crippen LogP) is -0.364. The number of hydrogen-bond donors (Lipinski definition) is 3. The van der Waals surface area contributed by atoms with Crippen LogP contribution >= 0.6 is 7.60 Å². The molecule has 0 unspecified atom stereocenters. The normalized spacial score (nSPS) is 10.2. The van der Waals surface area contributed by atoms with E-state index in [0.29, 0.717) is 0 Å². The fourth-order valence-electron chi connectivity index (χ4n) is 0.241. The van der Waals surface area contributed by atoms with Crippen molar-refractivity contribution >= 4 is 13.6 Å². The van der Waals surface area contributed by atoms with Gasteiger partial charge in [-0.05, 0) is 0 Å². The van der Waals surface area contributed by atoms with Gasteiger partial charge in [-0.15, -0.1) is 0 Å². The number of carboxylic acid groups (broad SMARTS) is 1. The monoisotopic (exact) mass is 244 g/mol. The SMILES string of the molecule is O=C(O)CCP(=O)(O)O.[Zr]. The zero-order valence-electron chi connectivity index (χ0n) is 5.02. The van der Waals surface area contributed by atoms with E-state index < -0.39 is 26.1 Å². The standard InChI is InChI=1S/C3H7O5P.Zr/c4-3(5)1-2-9(6,7)8;/h1-2H2,(H,4,5)(H2,6,7,8);. The van der Waals surface area contributed by atoms with Gasteiger partial charge in [0.25, 0.3) is 0 Å². The molecule has 58 valence electrons. The molecule has 0 saturated carbocycles. The van der Waals surface area contributed by atoms with E-state index in [2.05, 4.69) is 0 Å². The minimum Gasteiger partial charge on any atom is -0.481 e. The Morgan fingerprint density at radius 3 is 1.90 bits per heavy atom. The second kappa shape index (κ2) is 5.19. The molecule has 0 fully saturated rings. The fraction of sp³-hybridized carbons (Fsp3) is 0.667. The third-order valence-corrected chi connectivity index (χ3v) is 1.42. The van der Waals surface area contributed by atoms with Crippen LogP contribution in [0.2, 0.25) is 0 Å². The summed E-state index contributed by atoms with van der Waals surface area (Å²) < 4.78 is 9.97. The second-order valence-electron chi connectivity index (χ2n) is 1.53. The van der Waals surface area contributed by atoms with Crippen molar-refractivity contribution in [3.63, 3.8) is 0 Å². The van der Waals surface area contributed by atoms with E-state index >= 15 is 0 Å². The van der Waals surface area contributed by atoms with Crippen molar-refractivity contribution in [1.82, 2.24) is 0 Å². The van der Waals surface area contributed by atoms with Crippen LogP contribution < -0.4 is 0 Å². The van der Waals surface area contributed by atoms with Gasteiger partial charge in [-0.3, -0.25) is 9.36 Å². The number of rotatable bonds is 3. The maximum absolute atomic E-state index is 9.97. The molecule has 3 N–H and O–H groups in total. The zero-order chi connectivity index (χ0) is 7.49. The van der Waals surface area contributed by atoms with Gasteiger partial charge in [-0.2, -0.15) is 0 Å². The van der Waals surface area contributed by atoms with Crippen molar-refractivity contribution in [2.45, 2.75) is 6.42 Å². The van der Waals surface area contributed by atoms with Gasteiger partial charge in [0.1, 0.15) is 0 Å². The molecule has 0 spiro atoms. The van der Waals surface area contributed by atoms with E-state index in [9.17, 15) is 9.36 Å². The van der Waals surface area contributed by atoms with Crippen molar-refractivity contribution in [3.05, 3.63) is 0 Å². The molecule has 0 saturated heterocycles. The van der Waals surface area contributed by atoms with Gasteiger partial charge in [0.15, 0.2) is 0 Å². The predicted molar refractivity (Wildman–Crippen MR) is 29.2 cm³/mol. The maximum Gasteiger partial charge on any atom is 0.326 e. The Hall–Kier alpha value is 0.503. The Morgan fingerprint density at radius 1 is 1.40 bits per heavy atom. The molecule has 0 aromatic heterocycles. The van der Waals surface area contributed by atoms with Crippen molar-refractivity contribution in [2.75, 3.05) is 6.16 Å². The molecule has 0 aromatic carbocycles. The molecular weight excluding hydrogens is 238 g/mol. The fourth-order valence-corrected chi connectivity index (χ4v) is 0.724. The second-order valence-corrected chi connectivity index (χ2v) is 3.31. The van der Waals surface area contributed by atoms with Crippen molar-refractivity contribution in [3.8, 4) is 0 Å². The van der Waals surface area contributed by atoms with Crippen molar-refractivity contribution < 1.29 is 50.5 Å². The van der Waals surface area contributed by atoms with Gasteiger partial charge in [0.05, 0.1) is 12.6 Å². The third kappa shape index (κ3) is 11.3. The minimum absolute atomic E-state index is 0. The smallest absolute Gasteiger partial charge is 0.326 e. The molecule has 7 heteroatoms. The van der Waals surface area contributed by atoms with Gasteiger partial charge >= 0.3 is 13.6 Å². The number of carboxylic acids is 1. The molecule has 0 bridgehead atoms. The van der Waals surface area contributed by atoms with Crippen LogP contribution in [-0.4, -0.2) is 27.0 Å². The van der Waals surface area contributed by atoms with Gasteiger partial charge in [0, 0.05) is 26.2 Å². The summed E-state index contributed by atoms with van der Waals surface area (Å²) in [5, 5.41) is 7.93. The first-order valence-corrected chi connectivity index (χ1v) is 3.98. The maximum atomic E-state index is 9.97. The topological polar surface area (TPSA) is 94.8 Å². The third-order valence-electron chi connectivity index (χ3n) is 0.617. The molecule has 0 rings (SSSR count). The van der Waals surface area contributed by atoms with Crippen molar-refractivity contribution in [2.24, 2.45) is 0 Å². The molecule has 0 aliphatic heterocycles. The Morgan fingerprint density at radius 2 is 1.80 bits per heavy atom. The summed E-state index contributed by atoms with van der Waals surface area (Å²) in [4.78, 5) is 25.9. The van der Waals surface area contributed by atoms with Gasteiger partial charge < -0.3 is 14.9 Å². The first kappa shape index (κ1) is 13.1. The first-order valence-electron chi connectivity index (χ1n) is 2.18. The Balaban J connectivity index is 0. The number of aliphatic carboxylic acids is 1. The summed E-state index contributed by atoms with van der Waals surface area (Å²) in [7, 11) is -4.10. The molecular formula is C3H7O5PZr. The van der Waals surface area contributed by atoms with Crippen LogP contribution in [0.15, 0.2) is 0 Å². The quantitative estimate of drug-likeness (QED) is 0.590. The average molecular weight is 245 g/mol. The van der Waals surface area contributed by atoms with Crippen LogP contribution in [0.25, 0.3) is 0 Å². The van der Waals surface area contributed by atoms with E-state index in [1.807, 2.05) is 0 Å². The van der Waals surface area contributed by atoms with E-state index in [-0.39, 0.29) is 26.2 Å². The summed E-state index contributed by atoms with van der Waals surface area (Å²) in [6, 6.07) is 0. The van der Waals surface area contributed by atoms with E-state index in [0.717, 1.165) is 0 Å². The molecule has 5 nitrogen and oxygen atoms in total. The molecule has 0 heterocycles. The van der Waals surface area contributed by atoms with Crippen LogP contribution in [0.1, 0.15) is 6.42 Å². The van der Waals surface area contributed by atoms with E-state index in [1.165, 1.54) is 0 Å². The Kier molecular flexibility index (Phi) is 6.81. The molecule has 0 amide bonds. The summed E-state index contributed by atoms with van der Waals surface area (Å²) >= 11 is 0. The molecule has 0 aliphatic carbocycles. The number of carbonyl (C=O) groups is 1. The molecule has 0 radical (unpaired) electrons. The first-order chi connectivity index (χ1) is 3.92. The van der Waals surface area contributed by atoms with Crippen LogP contribution in [0.3, 0.4) is 0 Å². The molecule has 0 atom stereocenters. The van der Waals surface area contributed by atoms with Gasteiger partial charge in [0.2, 0.25) is 0 Å². The van der Waals surface area contributed by atoms with Crippen molar-refractivity contribution in [1.29, 1.82) is 0 Å². The summed E-state index contributed by atoms with van der Waals surface area (Å²) in [6.45, 7) is 0. The Bertz CT molecular complexity index is 151. The number of hydrogen-bond acceptors (Lipinski definition) is 2. The van der Waals surface area contributed by atoms with Crippen LogP contribution in [0.4, 0.5) is 0 Å². The summed E-state index contributed by atoms with van der Waals surface area (Å²) in [5.74, 6) is -1.20. The largest absolute Gasteiger partial charge is 0.481 e. The Labute approximate surface area is 76.7 Å². The zero-order valence-corrected chi connectivity index (χ0v) is 8.37. The van der Waals surface area contributed by atoms with E-state index in [1.54, 1.807) is 0 Å². The van der Waals surface area contributed by atoms with Gasteiger partial charge in [-0.25, -0.2) is 0 Å². The van der Waals surface area contributed by atoms with Crippen LogP contribution in [-0.2, 0) is 35.6 Å². The minimum atomic E-state index is -4.10. The van der Waals surface area contributed by atoms with Crippen LogP contribution in [0, 0.1) is 0 Å². The molecule has 0 aliphatic rings. The van der Waals surface area contributed by atoms with E-state index in [4.69, 9.17) is 14.9 Å². The van der Waals surface area contributed by atoms with Crippen LogP contribution in [0.5, 0.6) is 0 Å². The molecule has 10 heavy (non-hydrogen) atoms. The summed E-state index contributed by atoms with van der Waals surface area (Å²) in [5.41, 5.74) is 0. The average Bonchev–Trinajstić information content (AvgIpc) is 1.59.